The number of anilines is 1. The minimum atomic E-state index is 0.000990. The van der Waals surface area contributed by atoms with Crippen LogP contribution >= 0.6 is 0 Å². The number of nitrogens with one attached hydrogen (secondary N) is 1. The van der Waals surface area contributed by atoms with Crippen molar-refractivity contribution in [2.45, 2.75) is 46.0 Å². The zero-order chi connectivity index (χ0) is 16.9. The van der Waals surface area contributed by atoms with Crippen LogP contribution in [0.4, 0.5) is 10.5 Å². The van der Waals surface area contributed by atoms with Gasteiger partial charge in [0, 0.05) is 38.4 Å². The Hall–Kier alpha value is -1.62. The number of piperazine rings is 1. The van der Waals surface area contributed by atoms with Crippen molar-refractivity contribution in [2.24, 2.45) is 5.92 Å². The summed E-state index contributed by atoms with van der Waals surface area (Å²) in [7, 11) is 0. The Morgan fingerprint density at radius 2 is 1.83 bits per heavy atom. The Morgan fingerprint density at radius 1 is 1.12 bits per heavy atom. The molecule has 3 rings (SSSR count). The van der Waals surface area contributed by atoms with Crippen LogP contribution < -0.4 is 5.32 Å². The molecule has 24 heavy (non-hydrogen) atoms. The molecule has 1 aliphatic carbocycles. The van der Waals surface area contributed by atoms with Crippen LogP contribution in [0.3, 0.4) is 0 Å². The monoisotopic (exact) mass is 330 g/mol. The minimum absolute atomic E-state index is 0.000990. The third-order valence-electron chi connectivity index (χ3n) is 5.37. The summed E-state index contributed by atoms with van der Waals surface area (Å²) >= 11 is 0. The fourth-order valence-corrected chi connectivity index (χ4v) is 3.88. The van der Waals surface area contributed by atoms with E-state index in [4.69, 9.17) is 0 Å². The van der Waals surface area contributed by atoms with Gasteiger partial charge in [-0.05, 0) is 44.7 Å². The number of hydrogen-bond donors (Lipinski definition) is 1. The van der Waals surface area contributed by atoms with E-state index in [1.807, 2.05) is 30.9 Å². The van der Waals surface area contributed by atoms with E-state index in [1.165, 1.54) is 38.6 Å². The predicted molar refractivity (Wildman–Crippen MR) is 97.3 cm³/mol. The van der Waals surface area contributed by atoms with Gasteiger partial charge in [0.25, 0.3) is 0 Å². The summed E-state index contributed by atoms with van der Waals surface area (Å²) in [4.78, 5) is 21.3. The lowest BCUT2D eigenvalue weighted by atomic mass is 9.89. The lowest BCUT2D eigenvalue weighted by Crippen LogP contribution is -2.51. The van der Waals surface area contributed by atoms with Crippen LogP contribution in [-0.2, 0) is 0 Å². The van der Waals surface area contributed by atoms with Gasteiger partial charge in [0.1, 0.15) is 0 Å². The summed E-state index contributed by atoms with van der Waals surface area (Å²) in [6.07, 6.45) is 6.99. The molecule has 0 atom stereocenters. The fourth-order valence-electron chi connectivity index (χ4n) is 3.88. The SMILES string of the molecule is Cc1ccc(NC(=O)N2CCN(CC3CCCCC3)CC2)c(C)n1. The zero-order valence-electron chi connectivity index (χ0n) is 15.1. The van der Waals surface area contributed by atoms with Gasteiger partial charge in [-0.3, -0.25) is 9.88 Å². The second-order valence-corrected chi connectivity index (χ2v) is 7.31. The molecule has 1 saturated heterocycles. The molecule has 5 nitrogen and oxygen atoms in total. The maximum absolute atomic E-state index is 12.5. The van der Waals surface area contributed by atoms with Crippen LogP contribution in [0.15, 0.2) is 12.1 Å². The topological polar surface area (TPSA) is 48.5 Å². The Bertz CT molecular complexity index is 560. The maximum atomic E-state index is 12.5. The lowest BCUT2D eigenvalue weighted by Gasteiger charge is -2.37. The van der Waals surface area contributed by atoms with Crippen LogP contribution in [-0.4, -0.2) is 53.5 Å². The van der Waals surface area contributed by atoms with Crippen molar-refractivity contribution in [1.29, 1.82) is 0 Å². The molecule has 2 heterocycles. The van der Waals surface area contributed by atoms with E-state index in [0.29, 0.717) is 0 Å². The Balaban J connectivity index is 1.46. The normalized spacial score (nSPS) is 20.2. The molecule has 1 aromatic heterocycles. The summed E-state index contributed by atoms with van der Waals surface area (Å²) in [5, 5.41) is 3.01. The predicted octanol–water partition coefficient (Wildman–Crippen LogP) is 3.43. The first-order chi connectivity index (χ1) is 11.6. The first kappa shape index (κ1) is 17.2. The molecular weight excluding hydrogens is 300 g/mol. The molecule has 5 heteroatoms. The summed E-state index contributed by atoms with van der Waals surface area (Å²) in [6, 6.07) is 3.88. The first-order valence-electron chi connectivity index (χ1n) is 9.34. The number of pyridine rings is 1. The first-order valence-corrected chi connectivity index (χ1v) is 9.34. The number of hydrogen-bond acceptors (Lipinski definition) is 3. The quantitative estimate of drug-likeness (QED) is 0.924. The number of carbonyl (C=O) groups excluding carboxylic acids is 1. The highest BCUT2D eigenvalue weighted by atomic mass is 16.2. The third kappa shape index (κ3) is 4.47. The van der Waals surface area contributed by atoms with Gasteiger partial charge in [-0.1, -0.05) is 19.3 Å². The van der Waals surface area contributed by atoms with Crippen molar-refractivity contribution < 1.29 is 4.79 Å². The van der Waals surface area contributed by atoms with Crippen LogP contribution in [0.5, 0.6) is 0 Å². The third-order valence-corrected chi connectivity index (χ3v) is 5.37. The van der Waals surface area contributed by atoms with E-state index in [-0.39, 0.29) is 6.03 Å². The lowest BCUT2D eigenvalue weighted by molar-refractivity contribution is 0.125. The second kappa shape index (κ2) is 7.97. The molecule has 2 aliphatic rings. The number of aryl methyl sites for hydroxylation is 2. The average molecular weight is 330 g/mol. The second-order valence-electron chi connectivity index (χ2n) is 7.31. The maximum Gasteiger partial charge on any atom is 0.321 e. The van der Waals surface area contributed by atoms with Crippen LogP contribution in [0.25, 0.3) is 0 Å². The highest BCUT2D eigenvalue weighted by molar-refractivity contribution is 5.89. The van der Waals surface area contributed by atoms with E-state index in [2.05, 4.69) is 15.2 Å². The molecule has 0 bridgehead atoms. The standard InChI is InChI=1S/C19H30N4O/c1-15-8-9-18(16(2)20-15)21-19(24)23-12-10-22(11-13-23)14-17-6-4-3-5-7-17/h8-9,17H,3-7,10-14H2,1-2H3,(H,21,24). The Morgan fingerprint density at radius 3 is 2.50 bits per heavy atom. The summed E-state index contributed by atoms with van der Waals surface area (Å²) in [5.41, 5.74) is 2.66. The molecule has 0 unspecified atom stereocenters. The van der Waals surface area contributed by atoms with Crippen molar-refractivity contribution in [1.82, 2.24) is 14.8 Å². The molecule has 2 amide bonds. The highest BCUT2D eigenvalue weighted by Crippen LogP contribution is 2.24. The van der Waals surface area contributed by atoms with Crippen molar-refractivity contribution in [3.63, 3.8) is 0 Å². The molecule has 1 N–H and O–H groups in total. The molecule has 0 aromatic carbocycles. The van der Waals surface area contributed by atoms with E-state index in [1.54, 1.807) is 0 Å². The molecular formula is C19H30N4O. The largest absolute Gasteiger partial charge is 0.322 e. The van der Waals surface area contributed by atoms with E-state index < -0.39 is 0 Å². The fraction of sp³-hybridized carbons (Fsp3) is 0.684. The Kier molecular flexibility index (Phi) is 5.72. The van der Waals surface area contributed by atoms with E-state index >= 15 is 0 Å². The number of rotatable bonds is 3. The molecule has 1 aliphatic heterocycles. The van der Waals surface area contributed by atoms with Crippen LogP contribution in [0.1, 0.15) is 43.5 Å². The summed E-state index contributed by atoms with van der Waals surface area (Å²) in [6.45, 7) is 8.74. The number of carbonyl (C=O) groups is 1. The van der Waals surface area contributed by atoms with Crippen molar-refractivity contribution in [3.8, 4) is 0 Å². The average Bonchev–Trinajstić information content (AvgIpc) is 2.59. The summed E-state index contributed by atoms with van der Waals surface area (Å²) < 4.78 is 0. The van der Waals surface area contributed by atoms with E-state index in [0.717, 1.165) is 49.2 Å². The number of amides is 2. The Labute approximate surface area is 145 Å². The van der Waals surface area contributed by atoms with Gasteiger partial charge in [0.05, 0.1) is 11.4 Å². The van der Waals surface area contributed by atoms with Gasteiger partial charge in [0.15, 0.2) is 0 Å². The molecule has 1 aromatic rings. The molecule has 2 fully saturated rings. The van der Waals surface area contributed by atoms with E-state index in [9.17, 15) is 4.79 Å². The number of urea groups is 1. The van der Waals surface area contributed by atoms with Gasteiger partial charge < -0.3 is 10.2 Å². The van der Waals surface area contributed by atoms with Crippen molar-refractivity contribution in [2.75, 3.05) is 38.0 Å². The molecule has 0 radical (unpaired) electrons. The highest BCUT2D eigenvalue weighted by Gasteiger charge is 2.24. The van der Waals surface area contributed by atoms with Crippen molar-refractivity contribution >= 4 is 11.7 Å². The van der Waals surface area contributed by atoms with Crippen LogP contribution in [0.2, 0.25) is 0 Å². The molecule has 0 spiro atoms. The number of aromatic nitrogens is 1. The van der Waals surface area contributed by atoms with Gasteiger partial charge in [-0.15, -0.1) is 0 Å². The van der Waals surface area contributed by atoms with Gasteiger partial charge in [0.2, 0.25) is 0 Å². The molecule has 1 saturated carbocycles. The van der Waals surface area contributed by atoms with Gasteiger partial charge in [-0.25, -0.2) is 4.79 Å². The summed E-state index contributed by atoms with van der Waals surface area (Å²) in [5.74, 6) is 0.875. The van der Waals surface area contributed by atoms with Gasteiger partial charge >= 0.3 is 6.03 Å². The van der Waals surface area contributed by atoms with Crippen LogP contribution in [0, 0.1) is 19.8 Å². The minimum Gasteiger partial charge on any atom is -0.322 e. The zero-order valence-corrected chi connectivity index (χ0v) is 15.1. The smallest absolute Gasteiger partial charge is 0.321 e. The van der Waals surface area contributed by atoms with Crippen molar-refractivity contribution in [3.05, 3.63) is 23.5 Å². The number of nitrogens with zero attached hydrogens (tertiary/aromatic N) is 3. The van der Waals surface area contributed by atoms with Gasteiger partial charge in [-0.2, -0.15) is 0 Å². The molecule has 132 valence electrons.